The fourth-order valence-corrected chi connectivity index (χ4v) is 3.77. The van der Waals surface area contributed by atoms with Crippen LogP contribution in [0.3, 0.4) is 0 Å². The molecule has 1 unspecified atom stereocenters. The summed E-state index contributed by atoms with van der Waals surface area (Å²) in [6.07, 6.45) is -1.76. The summed E-state index contributed by atoms with van der Waals surface area (Å²) >= 11 is 0. The van der Waals surface area contributed by atoms with E-state index in [9.17, 15) is 17.6 Å². The summed E-state index contributed by atoms with van der Waals surface area (Å²) in [4.78, 5) is 2.35. The average molecular weight is 434 g/mol. The van der Waals surface area contributed by atoms with Gasteiger partial charge in [0.25, 0.3) is 12.3 Å². The Morgan fingerprint density at radius 3 is 2.52 bits per heavy atom. The molecule has 1 saturated carbocycles. The molecule has 1 aliphatic carbocycles. The zero-order valence-electron chi connectivity index (χ0n) is 17.2. The maximum Gasteiger partial charge on any atom is 0.277 e. The molecule has 1 aliphatic heterocycles. The van der Waals surface area contributed by atoms with E-state index in [4.69, 9.17) is 4.74 Å². The number of hydrogen-bond donors (Lipinski definition) is 1. The molecule has 2 aromatic rings. The molecule has 3 nitrogen and oxygen atoms in total. The van der Waals surface area contributed by atoms with Crippen LogP contribution in [0.4, 0.5) is 17.6 Å². The molecule has 0 spiro atoms. The van der Waals surface area contributed by atoms with Crippen molar-refractivity contribution in [3.63, 3.8) is 0 Å². The lowest BCUT2D eigenvalue weighted by Crippen LogP contribution is -2.30. The molecule has 1 fully saturated rings. The summed E-state index contributed by atoms with van der Waals surface area (Å²) in [6.45, 7) is 6.21. The molecular weight excluding hydrogens is 408 g/mol. The number of nitrogens with one attached hydrogen (secondary N) is 1. The van der Waals surface area contributed by atoms with Crippen LogP contribution in [0.2, 0.25) is 0 Å². The average Bonchev–Trinajstić information content (AvgIpc) is 3.37. The highest BCUT2D eigenvalue weighted by Crippen LogP contribution is 2.48. The molecule has 0 bridgehead atoms. The standard InChI is InChI=1S/C24H26F4N2O/c1-16(23(25)26)29-12-17-2-4-18(5-3-17)13-30-9-8-19-10-22(7-6-20(19)14-30)31-15-21-11-24(21,27)28/h2-7,10,21,23,29H,1,8-9,11-15H2. The summed E-state index contributed by atoms with van der Waals surface area (Å²) in [7, 11) is 0. The molecule has 1 heterocycles. The van der Waals surface area contributed by atoms with Crippen LogP contribution in [0, 0.1) is 5.92 Å². The van der Waals surface area contributed by atoms with Crippen molar-refractivity contribution in [3.8, 4) is 5.75 Å². The maximum atomic E-state index is 13.0. The van der Waals surface area contributed by atoms with E-state index in [-0.39, 0.29) is 18.7 Å². The Morgan fingerprint density at radius 2 is 1.84 bits per heavy atom. The third-order valence-electron chi connectivity index (χ3n) is 5.89. The van der Waals surface area contributed by atoms with Gasteiger partial charge in [-0.1, -0.05) is 36.9 Å². The fraction of sp³-hybridized carbons (Fsp3) is 0.417. The molecule has 7 heteroatoms. The van der Waals surface area contributed by atoms with Gasteiger partial charge in [0.15, 0.2) is 0 Å². The molecule has 1 atom stereocenters. The molecule has 2 aromatic carbocycles. The second kappa shape index (κ2) is 8.91. The maximum absolute atomic E-state index is 13.0. The van der Waals surface area contributed by atoms with Crippen molar-refractivity contribution < 1.29 is 22.3 Å². The smallest absolute Gasteiger partial charge is 0.277 e. The minimum atomic E-state index is -2.56. The van der Waals surface area contributed by atoms with E-state index in [1.54, 1.807) is 0 Å². The summed E-state index contributed by atoms with van der Waals surface area (Å²) < 4.78 is 56.5. The van der Waals surface area contributed by atoms with Gasteiger partial charge in [-0.25, -0.2) is 17.6 Å². The summed E-state index contributed by atoms with van der Waals surface area (Å²) in [5.74, 6) is -2.54. The van der Waals surface area contributed by atoms with Crippen molar-refractivity contribution in [2.45, 2.75) is 44.8 Å². The molecule has 0 aromatic heterocycles. The third kappa shape index (κ3) is 5.58. The molecule has 1 N–H and O–H groups in total. The first-order chi connectivity index (χ1) is 14.8. The van der Waals surface area contributed by atoms with Gasteiger partial charge in [0, 0.05) is 32.6 Å². The van der Waals surface area contributed by atoms with Crippen LogP contribution in [-0.2, 0) is 26.1 Å². The molecule has 0 radical (unpaired) electrons. The van der Waals surface area contributed by atoms with Crippen molar-refractivity contribution >= 4 is 0 Å². The summed E-state index contributed by atoms with van der Waals surface area (Å²) in [6, 6.07) is 13.8. The lowest BCUT2D eigenvalue weighted by molar-refractivity contribution is 0.0856. The highest BCUT2D eigenvalue weighted by Gasteiger charge is 2.57. The Kier molecular flexibility index (Phi) is 6.23. The van der Waals surface area contributed by atoms with Gasteiger partial charge in [-0.2, -0.15) is 0 Å². The molecule has 0 saturated heterocycles. The van der Waals surface area contributed by atoms with Gasteiger partial charge < -0.3 is 10.1 Å². The normalized spacial score (nSPS) is 19.7. The Hall–Kier alpha value is -2.54. The molecule has 2 aliphatic rings. The molecule has 31 heavy (non-hydrogen) atoms. The van der Waals surface area contributed by atoms with Crippen molar-refractivity contribution in [3.05, 3.63) is 77.0 Å². The van der Waals surface area contributed by atoms with Crippen molar-refractivity contribution in [2.75, 3.05) is 13.2 Å². The number of halogens is 4. The fourth-order valence-electron chi connectivity index (χ4n) is 3.77. The van der Waals surface area contributed by atoms with Crippen LogP contribution in [-0.4, -0.2) is 30.4 Å². The molecule has 166 valence electrons. The van der Waals surface area contributed by atoms with Gasteiger partial charge in [0.1, 0.15) is 5.75 Å². The lowest BCUT2D eigenvalue weighted by Gasteiger charge is -2.29. The van der Waals surface area contributed by atoms with Crippen LogP contribution in [0.1, 0.15) is 28.7 Å². The van der Waals surface area contributed by atoms with Gasteiger partial charge in [0.05, 0.1) is 18.2 Å². The number of ether oxygens (including phenoxy) is 1. The largest absolute Gasteiger partial charge is 0.493 e. The van der Waals surface area contributed by atoms with Gasteiger partial charge in [-0.3, -0.25) is 4.90 Å². The monoisotopic (exact) mass is 434 g/mol. The number of nitrogens with zero attached hydrogens (tertiary/aromatic N) is 1. The number of rotatable bonds is 9. The Balaban J connectivity index is 1.27. The van der Waals surface area contributed by atoms with Crippen LogP contribution in [0.25, 0.3) is 0 Å². The minimum absolute atomic E-state index is 0.0691. The number of alkyl halides is 4. The van der Waals surface area contributed by atoms with Crippen molar-refractivity contribution in [1.29, 1.82) is 0 Å². The lowest BCUT2D eigenvalue weighted by atomic mass is 9.99. The van der Waals surface area contributed by atoms with E-state index in [0.29, 0.717) is 12.3 Å². The number of fused-ring (bicyclic) bond motifs is 1. The number of allylic oxidation sites excluding steroid dienone is 1. The quantitative estimate of drug-likeness (QED) is 0.553. The number of hydrogen-bond acceptors (Lipinski definition) is 3. The van der Waals surface area contributed by atoms with Gasteiger partial charge in [0.2, 0.25) is 0 Å². The highest BCUT2D eigenvalue weighted by molar-refractivity contribution is 5.37. The molecular formula is C24H26F4N2O. The second-order valence-corrected chi connectivity index (χ2v) is 8.36. The number of benzene rings is 2. The van der Waals surface area contributed by atoms with Gasteiger partial charge in [-0.05, 0) is 40.8 Å². The van der Waals surface area contributed by atoms with Crippen LogP contribution in [0.5, 0.6) is 5.75 Å². The van der Waals surface area contributed by atoms with E-state index in [1.807, 2.05) is 42.5 Å². The van der Waals surface area contributed by atoms with Gasteiger partial charge in [-0.15, -0.1) is 0 Å². The first-order valence-electron chi connectivity index (χ1n) is 10.4. The zero-order chi connectivity index (χ0) is 22.0. The minimum Gasteiger partial charge on any atom is -0.493 e. The van der Waals surface area contributed by atoms with E-state index < -0.39 is 18.3 Å². The Morgan fingerprint density at radius 1 is 1.13 bits per heavy atom. The zero-order valence-corrected chi connectivity index (χ0v) is 17.2. The van der Waals surface area contributed by atoms with E-state index in [0.717, 1.165) is 37.2 Å². The third-order valence-corrected chi connectivity index (χ3v) is 5.89. The van der Waals surface area contributed by atoms with Crippen molar-refractivity contribution in [2.24, 2.45) is 5.92 Å². The molecule has 4 rings (SSSR count). The summed E-state index contributed by atoms with van der Waals surface area (Å²) in [5.41, 5.74) is 4.24. The van der Waals surface area contributed by atoms with Crippen molar-refractivity contribution in [1.82, 2.24) is 10.2 Å². The van der Waals surface area contributed by atoms with E-state index >= 15 is 0 Å². The Bertz CT molecular complexity index is 930. The molecule has 0 amide bonds. The second-order valence-electron chi connectivity index (χ2n) is 8.36. The predicted octanol–water partition coefficient (Wildman–Crippen LogP) is 5.15. The van der Waals surface area contributed by atoms with Crippen LogP contribution >= 0.6 is 0 Å². The van der Waals surface area contributed by atoms with Crippen LogP contribution in [0.15, 0.2) is 54.7 Å². The Labute approximate surface area is 179 Å². The topological polar surface area (TPSA) is 24.5 Å². The van der Waals surface area contributed by atoms with Crippen LogP contribution < -0.4 is 10.1 Å². The van der Waals surface area contributed by atoms with E-state index in [2.05, 4.69) is 16.8 Å². The predicted molar refractivity (Wildman–Crippen MR) is 111 cm³/mol. The van der Waals surface area contributed by atoms with Gasteiger partial charge >= 0.3 is 0 Å². The highest BCUT2D eigenvalue weighted by atomic mass is 19.3. The first kappa shape index (κ1) is 21.7. The van der Waals surface area contributed by atoms with E-state index in [1.165, 1.54) is 11.1 Å². The summed E-state index contributed by atoms with van der Waals surface area (Å²) in [5, 5.41) is 2.64. The first-order valence-corrected chi connectivity index (χ1v) is 10.4. The SMILES string of the molecule is C=C(NCc1ccc(CN2CCc3cc(OCC4CC4(F)F)ccc3C2)cc1)C(F)F.